The summed E-state index contributed by atoms with van der Waals surface area (Å²) in [5.74, 6) is 0.549. The lowest BCUT2D eigenvalue weighted by Gasteiger charge is -2.05. The first-order valence-electron chi connectivity index (χ1n) is 4.57. The zero-order valence-electron chi connectivity index (χ0n) is 8.71. The van der Waals surface area contributed by atoms with E-state index in [2.05, 4.69) is 10.3 Å². The molecule has 0 aliphatic heterocycles. The number of nitrogens with zero attached hydrogens (tertiary/aromatic N) is 2. The summed E-state index contributed by atoms with van der Waals surface area (Å²) in [4.78, 5) is 4.06. The van der Waals surface area contributed by atoms with Gasteiger partial charge < -0.3 is 5.32 Å². The number of pyridine rings is 1. The van der Waals surface area contributed by atoms with Gasteiger partial charge in [0.15, 0.2) is 0 Å². The Kier molecular flexibility index (Phi) is 4.14. The van der Waals surface area contributed by atoms with Gasteiger partial charge in [0.05, 0.1) is 5.56 Å². The van der Waals surface area contributed by atoms with Crippen LogP contribution in [-0.2, 0) is 0 Å². The number of nitrogens with one attached hydrogen (secondary N) is 1. The monoisotopic (exact) mass is 221 g/mol. The molecule has 0 unspecified atom stereocenters. The van der Waals surface area contributed by atoms with Crippen molar-refractivity contribution in [3.8, 4) is 6.07 Å². The van der Waals surface area contributed by atoms with E-state index in [0.717, 1.165) is 0 Å². The largest absolute Gasteiger partial charge is 0.365 e. The maximum Gasteiger partial charge on any atom is 0.146 e. The Morgan fingerprint density at radius 1 is 1.67 bits per heavy atom. The summed E-state index contributed by atoms with van der Waals surface area (Å²) in [5.41, 5.74) is 1.65. The molecule has 1 N–H and O–H groups in total. The highest BCUT2D eigenvalue weighted by Crippen LogP contribution is 2.22. The van der Waals surface area contributed by atoms with Crippen LogP contribution >= 0.6 is 11.6 Å². The summed E-state index contributed by atoms with van der Waals surface area (Å²) >= 11 is 5.96. The van der Waals surface area contributed by atoms with Crippen LogP contribution in [0, 0.1) is 11.3 Å². The minimum Gasteiger partial charge on any atom is -0.365 e. The smallest absolute Gasteiger partial charge is 0.146 e. The average Bonchev–Trinajstić information content (AvgIpc) is 2.20. The van der Waals surface area contributed by atoms with E-state index in [1.165, 1.54) is 5.57 Å². The third kappa shape index (κ3) is 3.26. The van der Waals surface area contributed by atoms with Crippen molar-refractivity contribution in [2.75, 3.05) is 11.9 Å². The quantitative estimate of drug-likeness (QED) is 0.799. The number of nitriles is 1. The number of rotatable bonds is 3. The van der Waals surface area contributed by atoms with E-state index in [-0.39, 0.29) is 0 Å². The molecule has 0 aliphatic carbocycles. The van der Waals surface area contributed by atoms with Crippen LogP contribution in [0.25, 0.3) is 0 Å². The summed E-state index contributed by atoms with van der Waals surface area (Å²) in [7, 11) is 0. The van der Waals surface area contributed by atoms with Crippen LogP contribution in [0.2, 0.25) is 5.02 Å². The van der Waals surface area contributed by atoms with Gasteiger partial charge in [0, 0.05) is 12.7 Å². The van der Waals surface area contributed by atoms with Gasteiger partial charge >= 0.3 is 0 Å². The van der Waals surface area contributed by atoms with E-state index in [4.69, 9.17) is 16.9 Å². The van der Waals surface area contributed by atoms with E-state index in [0.29, 0.717) is 22.9 Å². The molecule has 0 saturated heterocycles. The lowest BCUT2D eigenvalue weighted by Crippen LogP contribution is -2.02. The lowest BCUT2D eigenvalue weighted by atomic mass is 10.3. The highest BCUT2D eigenvalue weighted by molar-refractivity contribution is 6.34. The molecule has 15 heavy (non-hydrogen) atoms. The molecule has 4 heteroatoms. The van der Waals surface area contributed by atoms with Crippen molar-refractivity contribution in [2.24, 2.45) is 0 Å². The zero-order valence-corrected chi connectivity index (χ0v) is 9.47. The fourth-order valence-corrected chi connectivity index (χ4v) is 1.23. The Balaban J connectivity index is 2.79. The van der Waals surface area contributed by atoms with Crippen molar-refractivity contribution in [2.45, 2.75) is 13.8 Å². The van der Waals surface area contributed by atoms with Gasteiger partial charge in [-0.15, -0.1) is 0 Å². The molecule has 1 aromatic rings. The Morgan fingerprint density at radius 2 is 2.40 bits per heavy atom. The van der Waals surface area contributed by atoms with Crippen LogP contribution in [0.5, 0.6) is 0 Å². The molecule has 0 aliphatic rings. The first-order chi connectivity index (χ1) is 7.15. The number of halogens is 1. The van der Waals surface area contributed by atoms with E-state index in [1.54, 1.807) is 12.3 Å². The second kappa shape index (κ2) is 5.38. The first-order valence-corrected chi connectivity index (χ1v) is 4.94. The van der Waals surface area contributed by atoms with E-state index in [9.17, 15) is 0 Å². The van der Waals surface area contributed by atoms with Gasteiger partial charge in [-0.1, -0.05) is 23.3 Å². The third-order valence-corrected chi connectivity index (χ3v) is 2.17. The predicted octanol–water partition coefficient (Wildman–Crippen LogP) is 2.98. The molecule has 0 fully saturated rings. The Hall–Kier alpha value is -1.53. The normalized spacial score (nSPS) is 9.20. The molecule has 1 aromatic heterocycles. The first kappa shape index (κ1) is 11.5. The standard InChI is InChI=1S/C11H12ClN3/c1-8(2)3-5-14-11-10(12)9(7-13)4-6-15-11/h3-4,6H,5H2,1-2H3,(H,14,15). The van der Waals surface area contributed by atoms with Gasteiger partial charge in [0.25, 0.3) is 0 Å². The number of hydrogen-bond donors (Lipinski definition) is 1. The fraction of sp³-hybridized carbons (Fsp3) is 0.273. The molecule has 0 atom stereocenters. The topological polar surface area (TPSA) is 48.7 Å². The van der Waals surface area contributed by atoms with Crippen LogP contribution in [-0.4, -0.2) is 11.5 Å². The summed E-state index contributed by atoms with van der Waals surface area (Å²) < 4.78 is 0. The highest BCUT2D eigenvalue weighted by Gasteiger charge is 2.05. The van der Waals surface area contributed by atoms with Gasteiger partial charge in [-0.3, -0.25) is 0 Å². The summed E-state index contributed by atoms with van der Waals surface area (Å²) in [6.07, 6.45) is 3.59. The van der Waals surface area contributed by atoms with Gasteiger partial charge in [-0.05, 0) is 19.9 Å². The molecule has 1 rings (SSSR count). The average molecular weight is 222 g/mol. The number of allylic oxidation sites excluding steroid dienone is 1. The van der Waals surface area contributed by atoms with Crippen LogP contribution in [0.15, 0.2) is 23.9 Å². The van der Waals surface area contributed by atoms with Crippen LogP contribution in [0.1, 0.15) is 19.4 Å². The van der Waals surface area contributed by atoms with Crippen LogP contribution in [0.4, 0.5) is 5.82 Å². The van der Waals surface area contributed by atoms with Crippen molar-refractivity contribution in [1.29, 1.82) is 5.26 Å². The molecule has 0 radical (unpaired) electrons. The fourth-order valence-electron chi connectivity index (χ4n) is 1.01. The molecule has 0 amide bonds. The Morgan fingerprint density at radius 3 is 3.00 bits per heavy atom. The molecular weight excluding hydrogens is 210 g/mol. The lowest BCUT2D eigenvalue weighted by molar-refractivity contribution is 1.20. The molecule has 3 nitrogen and oxygen atoms in total. The van der Waals surface area contributed by atoms with Gasteiger partial charge in [-0.2, -0.15) is 5.26 Å². The Bertz CT molecular complexity index is 414. The minimum atomic E-state index is 0.377. The SMILES string of the molecule is CC(C)=CCNc1nccc(C#N)c1Cl. The highest BCUT2D eigenvalue weighted by atomic mass is 35.5. The summed E-state index contributed by atoms with van der Waals surface area (Å²) in [6.45, 7) is 4.69. The minimum absolute atomic E-state index is 0.377. The van der Waals surface area contributed by atoms with Crippen molar-refractivity contribution >= 4 is 17.4 Å². The molecule has 0 saturated carbocycles. The summed E-state index contributed by atoms with van der Waals surface area (Å²) in [6, 6.07) is 3.60. The maximum atomic E-state index is 8.75. The van der Waals surface area contributed by atoms with E-state index in [1.807, 2.05) is 26.0 Å². The van der Waals surface area contributed by atoms with Crippen molar-refractivity contribution in [3.63, 3.8) is 0 Å². The van der Waals surface area contributed by atoms with Gasteiger partial charge in [-0.25, -0.2) is 4.98 Å². The van der Waals surface area contributed by atoms with Crippen LogP contribution < -0.4 is 5.32 Å². The third-order valence-electron chi connectivity index (χ3n) is 1.79. The number of aromatic nitrogens is 1. The molecule has 0 spiro atoms. The number of hydrogen-bond acceptors (Lipinski definition) is 3. The van der Waals surface area contributed by atoms with Crippen molar-refractivity contribution in [1.82, 2.24) is 4.98 Å². The second-order valence-electron chi connectivity index (χ2n) is 3.30. The molecular formula is C11H12ClN3. The van der Waals surface area contributed by atoms with Gasteiger partial charge in [0.1, 0.15) is 16.9 Å². The van der Waals surface area contributed by atoms with Crippen molar-refractivity contribution < 1.29 is 0 Å². The van der Waals surface area contributed by atoms with Crippen molar-refractivity contribution in [3.05, 3.63) is 34.5 Å². The maximum absolute atomic E-state index is 8.75. The zero-order chi connectivity index (χ0) is 11.3. The van der Waals surface area contributed by atoms with Gasteiger partial charge in [0.2, 0.25) is 0 Å². The molecule has 0 bridgehead atoms. The molecule has 0 aromatic carbocycles. The van der Waals surface area contributed by atoms with Crippen LogP contribution in [0.3, 0.4) is 0 Å². The summed E-state index contributed by atoms with van der Waals surface area (Å²) in [5, 5.41) is 12.2. The Labute approximate surface area is 94.4 Å². The molecule has 1 heterocycles. The molecule has 78 valence electrons. The predicted molar refractivity (Wildman–Crippen MR) is 61.9 cm³/mol. The van der Waals surface area contributed by atoms with E-state index < -0.39 is 0 Å². The number of anilines is 1. The second-order valence-corrected chi connectivity index (χ2v) is 3.67. The van der Waals surface area contributed by atoms with E-state index >= 15 is 0 Å².